The third-order valence-corrected chi connectivity index (χ3v) is 4.89. The lowest BCUT2D eigenvalue weighted by Crippen LogP contribution is -2.23. The van der Waals surface area contributed by atoms with Crippen LogP contribution in [0, 0.1) is 6.92 Å². The zero-order valence-corrected chi connectivity index (χ0v) is 14.3. The first kappa shape index (κ1) is 14.8. The van der Waals surface area contributed by atoms with Crippen molar-refractivity contribution in [2.24, 2.45) is 17.3 Å². The maximum absolute atomic E-state index is 4.60. The molecule has 0 aliphatic rings. The number of benzene rings is 2. The number of thiazole rings is 1. The normalized spacial score (nSPS) is 11.6. The summed E-state index contributed by atoms with van der Waals surface area (Å²) >= 11 is 1.64. The molecule has 0 fully saturated rings. The predicted octanol–water partition coefficient (Wildman–Crippen LogP) is 5.44. The number of hydrogen-bond acceptors (Lipinski definition) is 3. The lowest BCUT2D eigenvalue weighted by molar-refractivity contribution is -0.654. The molecule has 118 valence electrons. The monoisotopic (exact) mass is 333 g/mol. The number of rotatable bonds is 3. The first-order valence-electron chi connectivity index (χ1n) is 7.76. The first-order valence-corrected chi connectivity index (χ1v) is 8.58. The molecule has 0 aliphatic heterocycles. The number of aryl methyl sites for hydroxylation is 2. The van der Waals surface area contributed by atoms with Gasteiger partial charge in [0.05, 0.1) is 17.9 Å². The second-order valence-electron chi connectivity index (χ2n) is 5.70. The highest BCUT2D eigenvalue weighted by Gasteiger charge is 2.16. The molecule has 2 aromatic heterocycles. The van der Waals surface area contributed by atoms with Crippen LogP contribution in [-0.2, 0) is 7.05 Å². The van der Waals surface area contributed by atoms with E-state index in [4.69, 9.17) is 0 Å². The molecule has 0 radical (unpaired) electrons. The van der Waals surface area contributed by atoms with Crippen molar-refractivity contribution < 1.29 is 4.57 Å². The fourth-order valence-electron chi connectivity index (χ4n) is 2.80. The summed E-state index contributed by atoms with van der Waals surface area (Å²) in [7, 11) is 1.99. The molecule has 4 nitrogen and oxygen atoms in total. The Kier molecular flexibility index (Phi) is 3.70. The van der Waals surface area contributed by atoms with E-state index >= 15 is 0 Å². The number of aromatic nitrogens is 2. The molecule has 0 aliphatic carbocycles. The fraction of sp³-hybridized carbons (Fsp3) is 0.105. The molecule has 0 unspecified atom stereocenters. The van der Waals surface area contributed by atoms with Gasteiger partial charge in [-0.3, -0.25) is 0 Å². The lowest BCUT2D eigenvalue weighted by atomic mass is 10.1. The van der Waals surface area contributed by atoms with E-state index in [0.29, 0.717) is 0 Å². The molecule has 2 heterocycles. The molecule has 0 saturated heterocycles. The van der Waals surface area contributed by atoms with Crippen molar-refractivity contribution in [1.82, 2.24) is 4.98 Å². The molecule has 2 aromatic carbocycles. The van der Waals surface area contributed by atoms with Crippen LogP contribution >= 0.6 is 11.3 Å². The molecule has 0 spiro atoms. The van der Waals surface area contributed by atoms with Gasteiger partial charge in [-0.1, -0.05) is 48.5 Å². The maximum atomic E-state index is 4.60. The number of nitrogens with zero attached hydrogens (tertiary/aromatic N) is 3. The number of nitrogens with one attached hydrogen (secondary N) is 1. The molecular formula is C19H17N4S+. The van der Waals surface area contributed by atoms with Crippen molar-refractivity contribution in [3.63, 3.8) is 0 Å². The van der Waals surface area contributed by atoms with Gasteiger partial charge in [0.15, 0.2) is 0 Å². The highest BCUT2D eigenvalue weighted by molar-refractivity contribution is 7.14. The minimum atomic E-state index is 0.878. The fourth-order valence-corrected chi connectivity index (χ4v) is 3.58. The zero-order valence-electron chi connectivity index (χ0n) is 13.5. The Hall–Kier alpha value is -2.79. The van der Waals surface area contributed by atoms with E-state index in [-0.39, 0.29) is 0 Å². The van der Waals surface area contributed by atoms with Crippen LogP contribution in [0.15, 0.2) is 71.0 Å². The largest absolute Gasteiger partial charge is 0.408 e. The minimum absolute atomic E-state index is 0.878. The van der Waals surface area contributed by atoms with Crippen LogP contribution in [0.3, 0.4) is 0 Å². The Balaban J connectivity index is 1.88. The van der Waals surface area contributed by atoms with Crippen molar-refractivity contribution in [1.29, 1.82) is 0 Å². The summed E-state index contributed by atoms with van der Waals surface area (Å²) in [6.45, 7) is 2.07. The highest BCUT2D eigenvalue weighted by atomic mass is 32.1. The Morgan fingerprint density at radius 1 is 0.958 bits per heavy atom. The Bertz CT molecular complexity index is 1030. The maximum Gasteiger partial charge on any atom is 0.408 e. The van der Waals surface area contributed by atoms with Gasteiger partial charge in [0, 0.05) is 21.3 Å². The number of para-hydroxylation sites is 1. The summed E-state index contributed by atoms with van der Waals surface area (Å²) in [5.41, 5.74) is 4.05. The van der Waals surface area contributed by atoms with Crippen molar-refractivity contribution in [3.8, 4) is 11.3 Å². The molecule has 4 aromatic rings. The molecule has 0 atom stereocenters. The van der Waals surface area contributed by atoms with Crippen LogP contribution in [0.2, 0.25) is 0 Å². The molecule has 0 saturated carbocycles. The van der Waals surface area contributed by atoms with E-state index in [9.17, 15) is 0 Å². The van der Waals surface area contributed by atoms with Crippen LogP contribution in [0.5, 0.6) is 0 Å². The molecule has 4 rings (SSSR count). The smallest absolute Gasteiger partial charge is 0.353 e. The van der Waals surface area contributed by atoms with E-state index in [2.05, 4.69) is 52.6 Å². The lowest BCUT2D eigenvalue weighted by Gasteiger charge is -1.97. The summed E-state index contributed by atoms with van der Waals surface area (Å²) < 4.78 is 2.00. The average Bonchev–Trinajstić information content (AvgIpc) is 3.13. The van der Waals surface area contributed by atoms with E-state index in [1.807, 2.05) is 41.9 Å². The Morgan fingerprint density at radius 2 is 1.71 bits per heavy atom. The number of fused-ring (bicyclic) bond motifs is 1. The van der Waals surface area contributed by atoms with Crippen molar-refractivity contribution in [2.45, 2.75) is 6.92 Å². The van der Waals surface area contributed by atoms with Crippen LogP contribution in [0.1, 0.15) is 4.88 Å². The van der Waals surface area contributed by atoms with E-state index in [1.165, 1.54) is 4.88 Å². The third kappa shape index (κ3) is 2.63. The van der Waals surface area contributed by atoms with Crippen LogP contribution in [-0.4, -0.2) is 4.98 Å². The average molecular weight is 333 g/mol. The topological polar surface area (TPSA) is 44.4 Å². The predicted molar refractivity (Wildman–Crippen MR) is 98.1 cm³/mol. The summed E-state index contributed by atoms with van der Waals surface area (Å²) in [6, 6.07) is 18.4. The second kappa shape index (κ2) is 6.02. The highest BCUT2D eigenvalue weighted by Crippen LogP contribution is 2.38. The first-order chi connectivity index (χ1) is 11.7. The Labute approximate surface area is 144 Å². The molecular weight excluding hydrogens is 316 g/mol. The molecule has 0 amide bonds. The molecule has 24 heavy (non-hydrogen) atoms. The van der Waals surface area contributed by atoms with Crippen LogP contribution in [0.4, 0.5) is 10.8 Å². The van der Waals surface area contributed by atoms with Gasteiger partial charge in [-0.15, -0.1) is 0 Å². The van der Waals surface area contributed by atoms with E-state index in [1.54, 1.807) is 11.3 Å². The van der Waals surface area contributed by atoms with Gasteiger partial charge < -0.3 is 4.98 Å². The summed E-state index contributed by atoms with van der Waals surface area (Å²) in [5, 5.41) is 11.1. The SMILES string of the molecule is Cc1c[n+](C)c(/N=N/c2c(-c3ccccc3)[nH]c3ccccc23)s1. The van der Waals surface area contributed by atoms with Gasteiger partial charge in [0.25, 0.3) is 0 Å². The van der Waals surface area contributed by atoms with Gasteiger partial charge in [-0.05, 0) is 29.4 Å². The molecule has 0 bridgehead atoms. The standard InChI is InChI=1S/C19H16N4S/c1-13-12-23(2)19(24-13)22-21-18-15-10-6-7-11-16(15)20-17(18)14-8-4-3-5-9-14/h3-12H,1-2H3/p+1. The van der Waals surface area contributed by atoms with Gasteiger partial charge in [-0.2, -0.15) is 0 Å². The third-order valence-electron chi connectivity index (χ3n) is 3.91. The minimum Gasteiger partial charge on any atom is -0.353 e. The van der Waals surface area contributed by atoms with Crippen molar-refractivity contribution in [3.05, 3.63) is 65.7 Å². The molecule has 5 heteroatoms. The van der Waals surface area contributed by atoms with Gasteiger partial charge in [-0.25, -0.2) is 4.57 Å². The zero-order chi connectivity index (χ0) is 16.5. The number of azo groups is 1. The van der Waals surface area contributed by atoms with E-state index in [0.717, 1.165) is 33.0 Å². The summed E-state index contributed by atoms with van der Waals surface area (Å²) in [6.07, 6.45) is 2.06. The van der Waals surface area contributed by atoms with Crippen molar-refractivity contribution >= 4 is 33.1 Å². The van der Waals surface area contributed by atoms with Crippen LogP contribution < -0.4 is 4.57 Å². The second-order valence-corrected chi connectivity index (χ2v) is 6.91. The Morgan fingerprint density at radius 3 is 2.46 bits per heavy atom. The van der Waals surface area contributed by atoms with Gasteiger partial charge >= 0.3 is 5.13 Å². The van der Waals surface area contributed by atoms with Gasteiger partial charge in [0.2, 0.25) is 0 Å². The van der Waals surface area contributed by atoms with Crippen molar-refractivity contribution in [2.75, 3.05) is 0 Å². The quantitative estimate of drug-likeness (QED) is 0.383. The number of aromatic amines is 1. The number of hydrogen-bond donors (Lipinski definition) is 1. The van der Waals surface area contributed by atoms with Gasteiger partial charge in [0.1, 0.15) is 11.9 Å². The van der Waals surface area contributed by atoms with E-state index < -0.39 is 0 Å². The molecule has 1 N–H and O–H groups in total. The summed E-state index contributed by atoms with van der Waals surface area (Å²) in [5.74, 6) is 0. The van der Waals surface area contributed by atoms with Crippen LogP contribution in [0.25, 0.3) is 22.2 Å². The number of H-pyrrole nitrogens is 1. The summed E-state index contributed by atoms with van der Waals surface area (Å²) in [4.78, 5) is 4.70.